The summed E-state index contributed by atoms with van der Waals surface area (Å²) in [5.41, 5.74) is -0.910. The average molecular weight is 211 g/mol. The Morgan fingerprint density at radius 2 is 2.14 bits per heavy atom. The van der Waals surface area contributed by atoms with Gasteiger partial charge in [0.25, 0.3) is 0 Å². The number of carbonyl (C=O) groups is 1. The Kier molecular flexibility index (Phi) is 2.76. The molecule has 0 spiro atoms. The molecule has 0 radical (unpaired) electrons. The van der Waals surface area contributed by atoms with Gasteiger partial charge in [0, 0.05) is 6.61 Å². The van der Waals surface area contributed by atoms with Crippen LogP contribution in [0.4, 0.5) is 13.2 Å². The molecular weight excluding hydrogens is 199 g/mol. The van der Waals surface area contributed by atoms with Crippen LogP contribution in [0.15, 0.2) is 0 Å². The van der Waals surface area contributed by atoms with Crippen LogP contribution in [0, 0.1) is 0 Å². The van der Waals surface area contributed by atoms with Gasteiger partial charge in [-0.2, -0.15) is 13.2 Å². The average Bonchev–Trinajstić information content (AvgIpc) is 2.30. The van der Waals surface area contributed by atoms with E-state index in [-0.39, 0.29) is 0 Å². The van der Waals surface area contributed by atoms with Crippen molar-refractivity contribution in [3.63, 3.8) is 0 Å². The Bertz CT molecular complexity index is 241. The molecule has 1 N–H and O–H groups in total. The maximum atomic E-state index is 11.9. The molecule has 1 fully saturated rings. The number of alkyl halides is 3. The van der Waals surface area contributed by atoms with Crippen molar-refractivity contribution in [2.45, 2.75) is 38.1 Å². The van der Waals surface area contributed by atoms with Crippen LogP contribution >= 0.6 is 0 Å². The maximum Gasteiger partial charge on any atom is 0.471 e. The van der Waals surface area contributed by atoms with Crippen molar-refractivity contribution < 1.29 is 22.7 Å². The van der Waals surface area contributed by atoms with Crippen LogP contribution in [0.2, 0.25) is 0 Å². The van der Waals surface area contributed by atoms with E-state index >= 15 is 0 Å². The van der Waals surface area contributed by atoms with Gasteiger partial charge in [-0.3, -0.25) is 4.79 Å². The Morgan fingerprint density at radius 1 is 1.57 bits per heavy atom. The maximum absolute atomic E-state index is 11.9. The van der Waals surface area contributed by atoms with Crippen molar-refractivity contribution in [2.24, 2.45) is 0 Å². The molecule has 6 heteroatoms. The van der Waals surface area contributed by atoms with Gasteiger partial charge < -0.3 is 10.1 Å². The van der Waals surface area contributed by atoms with Crippen LogP contribution in [0.25, 0.3) is 0 Å². The van der Waals surface area contributed by atoms with Gasteiger partial charge in [0.15, 0.2) is 0 Å². The number of hydrogen-bond acceptors (Lipinski definition) is 2. The monoisotopic (exact) mass is 211 g/mol. The minimum absolute atomic E-state index is 0.371. The normalized spacial score (nSPS) is 33.1. The molecule has 1 aliphatic rings. The molecule has 1 aliphatic heterocycles. The van der Waals surface area contributed by atoms with Gasteiger partial charge >= 0.3 is 12.1 Å². The van der Waals surface area contributed by atoms with E-state index in [1.54, 1.807) is 13.8 Å². The Balaban J connectivity index is 2.64. The molecule has 82 valence electrons. The summed E-state index contributed by atoms with van der Waals surface area (Å²) in [5, 5.41) is 1.96. The Hall–Kier alpha value is -0.780. The molecular formula is C8H12F3NO2. The number of amides is 1. The van der Waals surface area contributed by atoms with Crippen LogP contribution in [0.1, 0.15) is 20.3 Å². The predicted molar refractivity (Wildman–Crippen MR) is 42.6 cm³/mol. The minimum Gasteiger partial charge on any atom is -0.376 e. The SMILES string of the molecule is CC1OCCC1(C)NC(=O)C(F)(F)F. The number of nitrogens with one attached hydrogen (secondary N) is 1. The van der Waals surface area contributed by atoms with Crippen LogP contribution in [0.5, 0.6) is 0 Å². The van der Waals surface area contributed by atoms with Crippen molar-refractivity contribution >= 4 is 5.91 Å². The van der Waals surface area contributed by atoms with E-state index in [1.165, 1.54) is 0 Å². The highest BCUT2D eigenvalue weighted by Gasteiger charge is 2.46. The quantitative estimate of drug-likeness (QED) is 0.708. The second-order valence-corrected chi connectivity index (χ2v) is 3.63. The zero-order chi connectivity index (χ0) is 11.0. The second-order valence-electron chi connectivity index (χ2n) is 3.63. The molecule has 0 aromatic carbocycles. The lowest BCUT2D eigenvalue weighted by atomic mass is 9.94. The highest BCUT2D eigenvalue weighted by atomic mass is 19.4. The lowest BCUT2D eigenvalue weighted by Gasteiger charge is -2.29. The van der Waals surface area contributed by atoms with E-state index < -0.39 is 23.7 Å². The lowest BCUT2D eigenvalue weighted by Crippen LogP contribution is -2.54. The topological polar surface area (TPSA) is 38.3 Å². The van der Waals surface area contributed by atoms with Crippen LogP contribution < -0.4 is 5.32 Å². The van der Waals surface area contributed by atoms with Gasteiger partial charge in [-0.15, -0.1) is 0 Å². The van der Waals surface area contributed by atoms with E-state index in [0.717, 1.165) is 0 Å². The summed E-state index contributed by atoms with van der Waals surface area (Å²) in [5.74, 6) is -1.91. The first kappa shape index (κ1) is 11.3. The molecule has 1 saturated heterocycles. The fraction of sp³-hybridized carbons (Fsp3) is 0.875. The molecule has 0 aromatic rings. The summed E-state index contributed by atoms with van der Waals surface area (Å²) in [6, 6.07) is 0. The Morgan fingerprint density at radius 3 is 2.50 bits per heavy atom. The van der Waals surface area contributed by atoms with Crippen LogP contribution in [0.3, 0.4) is 0 Å². The molecule has 2 atom stereocenters. The number of halogens is 3. The van der Waals surface area contributed by atoms with E-state index in [4.69, 9.17) is 4.74 Å². The number of carbonyl (C=O) groups excluding carboxylic acids is 1. The molecule has 1 heterocycles. The lowest BCUT2D eigenvalue weighted by molar-refractivity contribution is -0.176. The third kappa shape index (κ3) is 2.17. The third-order valence-corrected chi connectivity index (χ3v) is 2.54. The molecule has 1 rings (SSSR count). The van der Waals surface area contributed by atoms with Crippen molar-refractivity contribution in [3.8, 4) is 0 Å². The number of rotatable bonds is 1. The largest absolute Gasteiger partial charge is 0.471 e. The highest BCUT2D eigenvalue weighted by molar-refractivity contribution is 5.82. The summed E-state index contributed by atoms with van der Waals surface area (Å²) in [7, 11) is 0. The third-order valence-electron chi connectivity index (χ3n) is 2.54. The van der Waals surface area contributed by atoms with E-state index in [9.17, 15) is 18.0 Å². The molecule has 1 amide bonds. The molecule has 0 saturated carbocycles. The Labute approximate surface area is 79.6 Å². The van der Waals surface area contributed by atoms with Crippen molar-refractivity contribution in [3.05, 3.63) is 0 Å². The van der Waals surface area contributed by atoms with Gasteiger partial charge in [0.05, 0.1) is 11.6 Å². The minimum atomic E-state index is -4.83. The first-order chi connectivity index (χ1) is 6.26. The predicted octanol–water partition coefficient (Wildman–Crippen LogP) is 1.23. The van der Waals surface area contributed by atoms with Gasteiger partial charge in [-0.25, -0.2) is 0 Å². The molecule has 0 aromatic heterocycles. The van der Waals surface area contributed by atoms with Crippen molar-refractivity contribution in [2.75, 3.05) is 6.61 Å². The van der Waals surface area contributed by atoms with E-state index in [1.807, 2.05) is 5.32 Å². The molecule has 14 heavy (non-hydrogen) atoms. The smallest absolute Gasteiger partial charge is 0.376 e. The molecule has 3 nitrogen and oxygen atoms in total. The van der Waals surface area contributed by atoms with Crippen LogP contribution in [-0.2, 0) is 9.53 Å². The van der Waals surface area contributed by atoms with Gasteiger partial charge in [0.2, 0.25) is 0 Å². The highest BCUT2D eigenvalue weighted by Crippen LogP contribution is 2.26. The molecule has 2 unspecified atom stereocenters. The van der Waals surface area contributed by atoms with Crippen molar-refractivity contribution in [1.82, 2.24) is 5.32 Å². The summed E-state index contributed by atoms with van der Waals surface area (Å²) < 4.78 is 40.9. The van der Waals surface area contributed by atoms with Crippen molar-refractivity contribution in [1.29, 1.82) is 0 Å². The van der Waals surface area contributed by atoms with E-state index in [2.05, 4.69) is 0 Å². The first-order valence-corrected chi connectivity index (χ1v) is 4.27. The summed E-state index contributed by atoms with van der Waals surface area (Å²) in [6.07, 6.45) is -4.82. The zero-order valence-corrected chi connectivity index (χ0v) is 7.94. The molecule has 0 aliphatic carbocycles. The summed E-state index contributed by atoms with van der Waals surface area (Å²) in [4.78, 5) is 10.7. The standard InChI is InChI=1S/C8H12F3NO2/c1-5-7(2,3-4-14-5)12-6(13)8(9,10)11/h5H,3-4H2,1-2H3,(H,12,13). The summed E-state index contributed by atoms with van der Waals surface area (Å²) in [6.45, 7) is 3.56. The summed E-state index contributed by atoms with van der Waals surface area (Å²) >= 11 is 0. The van der Waals surface area contributed by atoms with Gasteiger partial charge in [0.1, 0.15) is 0 Å². The molecule has 0 bridgehead atoms. The van der Waals surface area contributed by atoms with Crippen LogP contribution in [-0.4, -0.2) is 30.3 Å². The fourth-order valence-corrected chi connectivity index (χ4v) is 1.33. The number of hydrogen-bond donors (Lipinski definition) is 1. The fourth-order valence-electron chi connectivity index (χ4n) is 1.33. The number of ether oxygens (including phenoxy) is 1. The van der Waals surface area contributed by atoms with Gasteiger partial charge in [-0.05, 0) is 20.3 Å². The zero-order valence-electron chi connectivity index (χ0n) is 7.94. The van der Waals surface area contributed by atoms with Gasteiger partial charge in [-0.1, -0.05) is 0 Å². The first-order valence-electron chi connectivity index (χ1n) is 4.27. The second kappa shape index (κ2) is 3.42. The van der Waals surface area contributed by atoms with E-state index in [0.29, 0.717) is 13.0 Å².